The third-order valence-electron chi connectivity index (χ3n) is 2.52. The second-order valence-electron chi connectivity index (χ2n) is 3.86. The number of anilines is 2. The lowest BCUT2D eigenvalue weighted by atomic mass is 10.3. The average Bonchev–Trinajstić information content (AvgIpc) is 2.38. The molecule has 0 spiro atoms. The highest BCUT2D eigenvalue weighted by Gasteiger charge is 2.17. The van der Waals surface area contributed by atoms with Crippen molar-refractivity contribution in [2.45, 2.75) is 4.90 Å². The van der Waals surface area contributed by atoms with E-state index in [1.54, 1.807) is 49.5 Å². The van der Waals surface area contributed by atoms with Crippen molar-refractivity contribution in [1.82, 2.24) is 0 Å². The maximum absolute atomic E-state index is 12.3. The quantitative estimate of drug-likeness (QED) is 0.897. The minimum absolute atomic E-state index is 0.220. The Hall–Kier alpha value is -1.53. The van der Waals surface area contributed by atoms with Crippen molar-refractivity contribution < 1.29 is 8.42 Å². The Morgan fingerprint density at radius 1 is 1.05 bits per heavy atom. The molecule has 2 N–H and O–H groups in total. The predicted molar refractivity (Wildman–Crippen MR) is 80.9 cm³/mol. The molecule has 0 aliphatic rings. The molecule has 2 aromatic carbocycles. The van der Waals surface area contributed by atoms with Crippen LogP contribution in [0.3, 0.4) is 0 Å². The van der Waals surface area contributed by atoms with Crippen LogP contribution in [0.1, 0.15) is 0 Å². The zero-order chi connectivity index (χ0) is 13.9. The Balaban J connectivity index is 2.38. The van der Waals surface area contributed by atoms with Crippen LogP contribution < -0.4 is 10.0 Å². The minimum atomic E-state index is -3.61. The molecule has 0 aromatic heterocycles. The van der Waals surface area contributed by atoms with E-state index in [4.69, 9.17) is 0 Å². The van der Waals surface area contributed by atoms with Gasteiger partial charge in [-0.15, -0.1) is 0 Å². The summed E-state index contributed by atoms with van der Waals surface area (Å²) in [5, 5.41) is 2.87. The van der Waals surface area contributed by atoms with Crippen LogP contribution in [0.2, 0.25) is 0 Å². The average molecular weight is 341 g/mol. The van der Waals surface area contributed by atoms with Crippen LogP contribution in [0.15, 0.2) is 57.9 Å². The van der Waals surface area contributed by atoms with Gasteiger partial charge in [0.25, 0.3) is 10.0 Å². The van der Waals surface area contributed by atoms with Gasteiger partial charge in [0.2, 0.25) is 0 Å². The van der Waals surface area contributed by atoms with Crippen molar-refractivity contribution in [2.24, 2.45) is 0 Å². The Kier molecular flexibility index (Phi) is 4.11. The number of hydrogen-bond acceptors (Lipinski definition) is 3. The second kappa shape index (κ2) is 5.63. The van der Waals surface area contributed by atoms with E-state index in [2.05, 4.69) is 26.0 Å². The number of para-hydroxylation sites is 1. The first-order valence-corrected chi connectivity index (χ1v) is 7.86. The number of sulfonamides is 1. The summed E-state index contributed by atoms with van der Waals surface area (Å²) in [5.41, 5.74) is 1.07. The van der Waals surface area contributed by atoms with Gasteiger partial charge in [0.1, 0.15) is 4.90 Å². The van der Waals surface area contributed by atoms with Crippen LogP contribution in [0, 0.1) is 0 Å². The zero-order valence-electron chi connectivity index (χ0n) is 10.2. The molecule has 0 bridgehead atoms. The lowest BCUT2D eigenvalue weighted by molar-refractivity contribution is 0.601. The first-order chi connectivity index (χ1) is 9.03. The number of benzene rings is 2. The van der Waals surface area contributed by atoms with E-state index in [1.165, 1.54) is 0 Å². The topological polar surface area (TPSA) is 58.2 Å². The summed E-state index contributed by atoms with van der Waals surface area (Å²) >= 11 is 3.31. The summed E-state index contributed by atoms with van der Waals surface area (Å²) in [6, 6.07) is 13.8. The fraction of sp³-hybridized carbons (Fsp3) is 0.0769. The molecule has 4 nitrogen and oxygen atoms in total. The molecule has 0 heterocycles. The molecule has 0 aliphatic heterocycles. The summed E-state index contributed by atoms with van der Waals surface area (Å²) in [6.07, 6.45) is 0. The highest BCUT2D eigenvalue weighted by Crippen LogP contribution is 2.24. The lowest BCUT2D eigenvalue weighted by Gasteiger charge is -2.12. The standard InChI is InChI=1S/C13H13BrN2O2S/c1-15-12-7-2-3-8-13(12)19(17,18)16-11-6-4-5-10(14)9-11/h2-9,15-16H,1H3. The lowest BCUT2D eigenvalue weighted by Crippen LogP contribution is -2.14. The molecule has 0 unspecified atom stereocenters. The molecule has 0 saturated heterocycles. The highest BCUT2D eigenvalue weighted by molar-refractivity contribution is 9.10. The van der Waals surface area contributed by atoms with Crippen LogP contribution in [0.5, 0.6) is 0 Å². The second-order valence-corrected chi connectivity index (χ2v) is 6.43. The molecule has 0 atom stereocenters. The minimum Gasteiger partial charge on any atom is -0.387 e. The molecule has 6 heteroatoms. The molecule has 0 radical (unpaired) electrons. The highest BCUT2D eigenvalue weighted by atomic mass is 79.9. The van der Waals surface area contributed by atoms with Crippen molar-refractivity contribution in [3.05, 3.63) is 53.0 Å². The molecule has 0 saturated carbocycles. The molecule has 2 aromatic rings. The van der Waals surface area contributed by atoms with Gasteiger partial charge in [0.15, 0.2) is 0 Å². The first-order valence-electron chi connectivity index (χ1n) is 5.58. The molecule has 2 rings (SSSR count). The van der Waals surface area contributed by atoms with Gasteiger partial charge in [-0.1, -0.05) is 34.1 Å². The third-order valence-corrected chi connectivity index (χ3v) is 4.46. The van der Waals surface area contributed by atoms with Gasteiger partial charge >= 0.3 is 0 Å². The van der Waals surface area contributed by atoms with Gasteiger partial charge < -0.3 is 5.32 Å². The van der Waals surface area contributed by atoms with Crippen LogP contribution in [-0.2, 0) is 10.0 Å². The number of nitrogens with one attached hydrogen (secondary N) is 2. The Morgan fingerprint density at radius 3 is 2.47 bits per heavy atom. The van der Waals surface area contributed by atoms with E-state index < -0.39 is 10.0 Å². The zero-order valence-corrected chi connectivity index (χ0v) is 12.6. The summed E-state index contributed by atoms with van der Waals surface area (Å²) < 4.78 is 28.0. The van der Waals surface area contributed by atoms with E-state index in [9.17, 15) is 8.42 Å². The van der Waals surface area contributed by atoms with Crippen LogP contribution in [0.4, 0.5) is 11.4 Å². The molecule has 19 heavy (non-hydrogen) atoms. The molecule has 100 valence electrons. The molecule has 0 amide bonds. The van der Waals surface area contributed by atoms with Gasteiger partial charge in [-0.2, -0.15) is 0 Å². The van der Waals surface area contributed by atoms with Crippen LogP contribution in [0.25, 0.3) is 0 Å². The largest absolute Gasteiger partial charge is 0.387 e. The van der Waals surface area contributed by atoms with Crippen LogP contribution in [-0.4, -0.2) is 15.5 Å². The van der Waals surface area contributed by atoms with Crippen molar-refractivity contribution in [2.75, 3.05) is 17.1 Å². The third kappa shape index (κ3) is 3.27. The summed E-state index contributed by atoms with van der Waals surface area (Å²) in [5.74, 6) is 0. The monoisotopic (exact) mass is 340 g/mol. The van der Waals surface area contributed by atoms with Crippen molar-refractivity contribution in [1.29, 1.82) is 0 Å². The van der Waals surface area contributed by atoms with Gasteiger partial charge in [-0.25, -0.2) is 8.42 Å². The van der Waals surface area contributed by atoms with Gasteiger partial charge in [0, 0.05) is 17.2 Å². The summed E-state index contributed by atoms with van der Waals surface area (Å²) in [4.78, 5) is 0.220. The summed E-state index contributed by atoms with van der Waals surface area (Å²) in [6.45, 7) is 0. The number of rotatable bonds is 4. The SMILES string of the molecule is CNc1ccccc1S(=O)(=O)Nc1cccc(Br)c1. The Labute approximate surface area is 121 Å². The molecular weight excluding hydrogens is 328 g/mol. The van der Waals surface area contributed by atoms with E-state index in [-0.39, 0.29) is 4.90 Å². The van der Waals surface area contributed by atoms with E-state index >= 15 is 0 Å². The number of hydrogen-bond donors (Lipinski definition) is 2. The first kappa shape index (κ1) is 13.9. The van der Waals surface area contributed by atoms with Gasteiger partial charge in [-0.3, -0.25) is 4.72 Å². The molecule has 0 fully saturated rings. The van der Waals surface area contributed by atoms with Crippen molar-refractivity contribution in [3.63, 3.8) is 0 Å². The number of halogens is 1. The van der Waals surface area contributed by atoms with E-state index in [1.807, 2.05) is 6.07 Å². The van der Waals surface area contributed by atoms with E-state index in [0.717, 1.165) is 4.47 Å². The fourth-order valence-corrected chi connectivity index (χ4v) is 3.33. The molecule has 0 aliphatic carbocycles. The van der Waals surface area contributed by atoms with Gasteiger partial charge in [-0.05, 0) is 30.3 Å². The maximum Gasteiger partial charge on any atom is 0.263 e. The van der Waals surface area contributed by atoms with Crippen molar-refractivity contribution in [3.8, 4) is 0 Å². The summed E-state index contributed by atoms with van der Waals surface area (Å²) in [7, 11) is -1.92. The predicted octanol–water partition coefficient (Wildman–Crippen LogP) is 3.29. The smallest absolute Gasteiger partial charge is 0.263 e. The molecular formula is C13H13BrN2O2S. The van der Waals surface area contributed by atoms with E-state index in [0.29, 0.717) is 11.4 Å². The van der Waals surface area contributed by atoms with Gasteiger partial charge in [0.05, 0.1) is 5.69 Å². The Bertz CT molecular complexity index is 687. The van der Waals surface area contributed by atoms with Crippen LogP contribution >= 0.6 is 15.9 Å². The fourth-order valence-electron chi connectivity index (χ4n) is 1.67. The maximum atomic E-state index is 12.3. The normalized spacial score (nSPS) is 11.1. The Morgan fingerprint density at radius 2 is 1.79 bits per heavy atom. The van der Waals surface area contributed by atoms with Crippen molar-refractivity contribution >= 4 is 37.3 Å².